The van der Waals surface area contributed by atoms with Gasteiger partial charge in [0.05, 0.1) is 6.61 Å². The lowest BCUT2D eigenvalue weighted by Crippen LogP contribution is -2.37. The summed E-state index contributed by atoms with van der Waals surface area (Å²) in [7, 11) is 1.58. The Labute approximate surface area is 199 Å². The molecule has 0 bridgehead atoms. The maximum atomic E-state index is 14.6. The number of amides is 2. The van der Waals surface area contributed by atoms with Crippen LogP contribution in [0.3, 0.4) is 0 Å². The molecular formula is C26H33FN2O5. The number of aliphatic carboxylic acids is 1. The van der Waals surface area contributed by atoms with E-state index >= 15 is 0 Å². The van der Waals surface area contributed by atoms with Crippen LogP contribution in [0.4, 0.5) is 10.1 Å². The number of carbonyl (C=O) groups excluding carboxylic acids is 2. The number of carbonyl (C=O) groups is 3. The summed E-state index contributed by atoms with van der Waals surface area (Å²) < 4.78 is 19.7. The molecular weight excluding hydrogens is 439 g/mol. The Bertz CT molecular complexity index is 999. The average Bonchev–Trinajstić information content (AvgIpc) is 2.74. The van der Waals surface area contributed by atoms with Gasteiger partial charge in [-0.2, -0.15) is 0 Å². The molecule has 8 heteroatoms. The fourth-order valence-corrected chi connectivity index (χ4v) is 3.46. The van der Waals surface area contributed by atoms with Gasteiger partial charge in [-0.15, -0.1) is 0 Å². The Morgan fingerprint density at radius 2 is 1.74 bits per heavy atom. The molecule has 0 saturated carbocycles. The number of hydrogen-bond acceptors (Lipinski definition) is 4. The molecule has 0 aromatic heterocycles. The van der Waals surface area contributed by atoms with Crippen LogP contribution in [-0.4, -0.2) is 30.0 Å². The minimum Gasteiger partial charge on any atom is -0.481 e. The van der Waals surface area contributed by atoms with E-state index in [1.807, 2.05) is 20.8 Å². The summed E-state index contributed by atoms with van der Waals surface area (Å²) >= 11 is 0. The van der Waals surface area contributed by atoms with E-state index in [0.717, 1.165) is 5.56 Å². The van der Waals surface area contributed by atoms with E-state index in [1.54, 1.807) is 43.5 Å². The number of hydrogen-bond donors (Lipinski definition) is 3. The summed E-state index contributed by atoms with van der Waals surface area (Å²) in [5.74, 6) is -2.39. The molecule has 0 spiro atoms. The molecule has 0 aliphatic carbocycles. The standard InChI is InChI=1S/C26H33FN2O5/c1-26(2,3)15-19-12-13-20(14-21(19)27)28-25(33)24(29-22(30)6-5-7-23(31)32)18-10-8-17(9-11-18)16-34-4/h8-14,24H,5-7,15-16H2,1-4H3,(H,28,33)(H,29,30)(H,31,32). The summed E-state index contributed by atoms with van der Waals surface area (Å²) in [5.41, 5.74) is 2.18. The molecule has 0 aliphatic rings. The van der Waals surface area contributed by atoms with Crippen molar-refractivity contribution in [1.29, 1.82) is 0 Å². The number of nitrogens with one attached hydrogen (secondary N) is 2. The molecule has 34 heavy (non-hydrogen) atoms. The van der Waals surface area contributed by atoms with Gasteiger partial charge in [0.2, 0.25) is 5.91 Å². The molecule has 0 radical (unpaired) electrons. The third kappa shape index (κ3) is 8.94. The molecule has 0 saturated heterocycles. The van der Waals surface area contributed by atoms with E-state index in [1.165, 1.54) is 6.07 Å². The maximum absolute atomic E-state index is 14.6. The van der Waals surface area contributed by atoms with Gasteiger partial charge in [-0.05, 0) is 47.1 Å². The van der Waals surface area contributed by atoms with E-state index in [0.29, 0.717) is 24.2 Å². The Kier molecular flexibility index (Phi) is 9.74. The van der Waals surface area contributed by atoms with Gasteiger partial charge in [0, 0.05) is 25.6 Å². The first kappa shape index (κ1) is 27.0. The van der Waals surface area contributed by atoms with Crippen LogP contribution in [-0.2, 0) is 32.1 Å². The Balaban J connectivity index is 2.20. The van der Waals surface area contributed by atoms with Crippen molar-refractivity contribution in [3.63, 3.8) is 0 Å². The monoisotopic (exact) mass is 472 g/mol. The second-order valence-corrected chi connectivity index (χ2v) is 9.46. The van der Waals surface area contributed by atoms with E-state index in [2.05, 4.69) is 10.6 Å². The number of rotatable bonds is 11. The molecule has 1 unspecified atom stereocenters. The predicted octanol–water partition coefficient (Wildman–Crippen LogP) is 4.61. The van der Waals surface area contributed by atoms with Crippen LogP contribution in [0.1, 0.15) is 62.8 Å². The highest BCUT2D eigenvalue weighted by Gasteiger charge is 2.24. The molecule has 0 fully saturated rings. The van der Waals surface area contributed by atoms with Crippen molar-refractivity contribution < 1.29 is 28.6 Å². The van der Waals surface area contributed by atoms with E-state index < -0.39 is 29.6 Å². The van der Waals surface area contributed by atoms with Gasteiger partial charge in [0.15, 0.2) is 0 Å². The van der Waals surface area contributed by atoms with Gasteiger partial charge in [0.1, 0.15) is 11.9 Å². The van der Waals surface area contributed by atoms with E-state index in [9.17, 15) is 18.8 Å². The van der Waals surface area contributed by atoms with Gasteiger partial charge in [-0.25, -0.2) is 4.39 Å². The fraction of sp³-hybridized carbons (Fsp3) is 0.423. The number of anilines is 1. The van der Waals surface area contributed by atoms with Crippen molar-refractivity contribution in [1.82, 2.24) is 5.32 Å². The van der Waals surface area contributed by atoms with Crippen molar-refractivity contribution in [3.8, 4) is 0 Å². The molecule has 0 aliphatic heterocycles. The zero-order chi connectivity index (χ0) is 25.3. The lowest BCUT2D eigenvalue weighted by molar-refractivity contribution is -0.137. The first-order valence-corrected chi connectivity index (χ1v) is 11.2. The Morgan fingerprint density at radius 1 is 1.06 bits per heavy atom. The molecule has 3 N–H and O–H groups in total. The molecule has 7 nitrogen and oxygen atoms in total. The normalized spacial score (nSPS) is 12.1. The number of methoxy groups -OCH3 is 1. The first-order chi connectivity index (χ1) is 16.0. The lowest BCUT2D eigenvalue weighted by atomic mass is 9.88. The summed E-state index contributed by atoms with van der Waals surface area (Å²) in [5, 5.41) is 14.1. The van der Waals surface area contributed by atoms with Crippen molar-refractivity contribution in [2.75, 3.05) is 12.4 Å². The van der Waals surface area contributed by atoms with Crippen LogP contribution in [0.5, 0.6) is 0 Å². The fourth-order valence-electron chi connectivity index (χ4n) is 3.46. The minimum absolute atomic E-state index is 0.0338. The zero-order valence-electron chi connectivity index (χ0n) is 20.1. The van der Waals surface area contributed by atoms with Crippen LogP contribution < -0.4 is 10.6 Å². The smallest absolute Gasteiger partial charge is 0.303 e. The SMILES string of the molecule is COCc1ccc(C(NC(=O)CCCC(=O)O)C(=O)Nc2ccc(CC(C)(C)C)c(F)c2)cc1. The van der Waals surface area contributed by atoms with Crippen LogP contribution in [0.15, 0.2) is 42.5 Å². The molecule has 2 amide bonds. The van der Waals surface area contributed by atoms with Crippen molar-refractivity contribution >= 4 is 23.5 Å². The molecule has 2 rings (SSSR count). The summed E-state index contributed by atoms with van der Waals surface area (Å²) in [6.07, 6.45) is 0.531. The van der Waals surface area contributed by atoms with Gasteiger partial charge in [0.25, 0.3) is 5.91 Å². The average molecular weight is 473 g/mol. The van der Waals surface area contributed by atoms with E-state index in [-0.39, 0.29) is 30.4 Å². The number of benzene rings is 2. The summed E-state index contributed by atoms with van der Waals surface area (Å²) in [4.78, 5) is 36.2. The topological polar surface area (TPSA) is 105 Å². The minimum atomic E-state index is -1.04. The third-order valence-corrected chi connectivity index (χ3v) is 5.03. The van der Waals surface area contributed by atoms with Gasteiger partial charge in [-0.3, -0.25) is 14.4 Å². The second kappa shape index (κ2) is 12.3. The Morgan fingerprint density at radius 3 is 2.29 bits per heavy atom. The highest BCUT2D eigenvalue weighted by molar-refractivity contribution is 5.98. The quantitative estimate of drug-likeness (QED) is 0.443. The van der Waals surface area contributed by atoms with Crippen LogP contribution in [0.25, 0.3) is 0 Å². The molecule has 184 valence electrons. The van der Waals surface area contributed by atoms with Crippen molar-refractivity contribution in [2.24, 2.45) is 5.41 Å². The number of halogens is 1. The molecule has 2 aromatic rings. The highest BCUT2D eigenvalue weighted by Crippen LogP contribution is 2.25. The van der Waals surface area contributed by atoms with Crippen molar-refractivity contribution in [3.05, 3.63) is 65.0 Å². The number of carboxylic acids is 1. The second-order valence-electron chi connectivity index (χ2n) is 9.46. The predicted molar refractivity (Wildman–Crippen MR) is 128 cm³/mol. The summed E-state index contributed by atoms with van der Waals surface area (Å²) in [6, 6.07) is 10.5. The number of ether oxygens (including phenoxy) is 1. The Hall–Kier alpha value is -3.26. The van der Waals surface area contributed by atoms with Crippen LogP contribution >= 0.6 is 0 Å². The summed E-state index contributed by atoms with van der Waals surface area (Å²) in [6.45, 7) is 6.45. The molecule has 1 atom stereocenters. The number of carboxylic acid groups (broad SMARTS) is 1. The highest BCUT2D eigenvalue weighted by atomic mass is 19.1. The van der Waals surface area contributed by atoms with Crippen molar-refractivity contribution in [2.45, 2.75) is 59.1 Å². The van der Waals surface area contributed by atoms with E-state index in [4.69, 9.17) is 9.84 Å². The van der Waals surface area contributed by atoms with Crippen LogP contribution in [0.2, 0.25) is 0 Å². The molecule has 0 heterocycles. The van der Waals surface area contributed by atoms with Gasteiger partial charge < -0.3 is 20.5 Å². The van der Waals surface area contributed by atoms with Crippen LogP contribution in [0, 0.1) is 11.2 Å². The lowest BCUT2D eigenvalue weighted by Gasteiger charge is -2.21. The molecule has 2 aromatic carbocycles. The third-order valence-electron chi connectivity index (χ3n) is 5.03. The van der Waals surface area contributed by atoms with Gasteiger partial charge >= 0.3 is 5.97 Å². The maximum Gasteiger partial charge on any atom is 0.303 e. The first-order valence-electron chi connectivity index (χ1n) is 11.2. The zero-order valence-corrected chi connectivity index (χ0v) is 20.1. The van der Waals surface area contributed by atoms with Gasteiger partial charge in [-0.1, -0.05) is 51.1 Å². The largest absolute Gasteiger partial charge is 0.481 e.